The number of alkyl halides is 1. The van der Waals surface area contributed by atoms with Gasteiger partial charge in [0.05, 0.1) is 36.5 Å². The Kier molecular flexibility index (Phi) is 8.25. The molecule has 0 spiro atoms. The van der Waals surface area contributed by atoms with E-state index in [9.17, 15) is 23.2 Å². The van der Waals surface area contributed by atoms with E-state index < -0.39 is 49.5 Å². The van der Waals surface area contributed by atoms with Crippen LogP contribution in [0, 0.1) is 5.21 Å². The summed E-state index contributed by atoms with van der Waals surface area (Å²) in [6.07, 6.45) is -0.563. The number of amides is 2. The highest BCUT2D eigenvalue weighted by Gasteiger charge is 2.46. The number of likely N-dealkylation sites (tertiary alicyclic amines) is 1. The van der Waals surface area contributed by atoms with Crippen LogP contribution in [0.25, 0.3) is 11.5 Å². The van der Waals surface area contributed by atoms with Crippen LogP contribution < -0.4 is 10.2 Å². The minimum atomic E-state index is -4.13. The number of anilines is 1. The number of halogens is 2. The number of nitrogens with zero attached hydrogens (tertiary/aromatic N) is 4. The highest BCUT2D eigenvalue weighted by Crippen LogP contribution is 2.39. The predicted molar refractivity (Wildman–Crippen MR) is 159 cm³/mol. The van der Waals surface area contributed by atoms with Crippen LogP contribution in [0.5, 0.6) is 0 Å². The van der Waals surface area contributed by atoms with Gasteiger partial charge in [-0.1, -0.05) is 23.7 Å². The maximum atomic E-state index is 15.8. The third-order valence-corrected chi connectivity index (χ3v) is 9.36. The van der Waals surface area contributed by atoms with Crippen molar-refractivity contribution in [3.8, 4) is 11.5 Å². The molecule has 1 fully saturated rings. The molecule has 0 bridgehead atoms. The lowest BCUT2D eigenvalue weighted by Crippen LogP contribution is -2.51. The topological polar surface area (TPSA) is 155 Å². The molecule has 12 nitrogen and oxygen atoms in total. The van der Waals surface area contributed by atoms with Gasteiger partial charge in [0.25, 0.3) is 11.8 Å². The van der Waals surface area contributed by atoms with Crippen molar-refractivity contribution >= 4 is 39.1 Å². The number of sulfone groups is 1. The molecule has 5 rings (SSSR count). The Hall–Kier alpha value is -3.59. The summed E-state index contributed by atoms with van der Waals surface area (Å²) in [5.74, 6) is -1.87. The molecular formula is C29H33ClFN5O7S. The summed E-state index contributed by atoms with van der Waals surface area (Å²) in [7, 11) is -2.75. The number of likely N-dealkylation sites (N-methyl/N-ethyl adjacent to an activating group) is 1. The lowest BCUT2D eigenvalue weighted by atomic mass is 9.94. The average Bonchev–Trinajstić information content (AvgIpc) is 3.39. The van der Waals surface area contributed by atoms with Crippen LogP contribution >= 0.6 is 11.6 Å². The van der Waals surface area contributed by atoms with Crippen LogP contribution in [0.1, 0.15) is 45.1 Å². The number of piperidine rings is 1. The quantitative estimate of drug-likeness (QED) is 0.311. The van der Waals surface area contributed by atoms with Crippen molar-refractivity contribution in [2.24, 2.45) is 0 Å². The van der Waals surface area contributed by atoms with Gasteiger partial charge in [0.2, 0.25) is 11.6 Å². The Morgan fingerprint density at radius 3 is 2.61 bits per heavy atom. The Bertz CT molecular complexity index is 1690. The van der Waals surface area contributed by atoms with Crippen molar-refractivity contribution in [2.75, 3.05) is 30.8 Å². The number of fused-ring (bicyclic) bond motifs is 1. The summed E-state index contributed by atoms with van der Waals surface area (Å²) < 4.78 is 53.2. The van der Waals surface area contributed by atoms with Crippen LogP contribution in [-0.4, -0.2) is 72.8 Å². The number of hydroxylamine groups is 3. The van der Waals surface area contributed by atoms with Gasteiger partial charge >= 0.3 is 6.09 Å². The standard InChI is InChI=1S/C29H33ClFN5O7S/c1-28(2,3)43-27(38)32-21-16-44(40,41)23-11-8-19(14-22(23)35(25(21)37)15-18-6-9-20(30)10-7-18)24-33-34-26(42-24)29(31)12-5-13-36(4,39)17-29/h6-11,14,21H,5,12-13,15-17H2,1-4H3,(H,32,38)/t21-,29?,36?/m0/s1. The molecule has 0 radical (unpaired) electrons. The summed E-state index contributed by atoms with van der Waals surface area (Å²) >= 11 is 6.04. The maximum absolute atomic E-state index is 15.8. The number of quaternary nitrogens is 1. The summed E-state index contributed by atoms with van der Waals surface area (Å²) in [4.78, 5) is 27.7. The van der Waals surface area contributed by atoms with Gasteiger partial charge in [-0.05, 0) is 56.7 Å². The van der Waals surface area contributed by atoms with Crippen molar-refractivity contribution in [3.63, 3.8) is 0 Å². The molecule has 3 atom stereocenters. The zero-order valence-corrected chi connectivity index (χ0v) is 26.2. The molecule has 1 aromatic heterocycles. The lowest BCUT2D eigenvalue weighted by Gasteiger charge is -2.45. The first-order valence-electron chi connectivity index (χ1n) is 14.0. The zero-order valence-electron chi connectivity index (χ0n) is 24.7. The molecule has 44 heavy (non-hydrogen) atoms. The van der Waals surface area contributed by atoms with Crippen LogP contribution in [0.3, 0.4) is 0 Å². The van der Waals surface area contributed by atoms with Crippen molar-refractivity contribution in [1.29, 1.82) is 0 Å². The van der Waals surface area contributed by atoms with Gasteiger partial charge < -0.3 is 29.2 Å². The van der Waals surface area contributed by atoms with Crippen molar-refractivity contribution in [2.45, 2.75) is 62.4 Å². The second kappa shape index (κ2) is 11.4. The van der Waals surface area contributed by atoms with E-state index in [0.29, 0.717) is 17.0 Å². The van der Waals surface area contributed by atoms with E-state index in [-0.39, 0.29) is 54.0 Å². The van der Waals surface area contributed by atoms with Gasteiger partial charge in [0.15, 0.2) is 9.84 Å². The Labute approximate surface area is 259 Å². The third kappa shape index (κ3) is 6.88. The van der Waals surface area contributed by atoms with E-state index in [1.165, 1.54) is 30.1 Å². The fourth-order valence-corrected chi connectivity index (χ4v) is 7.11. The van der Waals surface area contributed by atoms with Gasteiger partial charge in [0, 0.05) is 23.4 Å². The van der Waals surface area contributed by atoms with Crippen molar-refractivity contribution in [3.05, 3.63) is 64.1 Å². The summed E-state index contributed by atoms with van der Waals surface area (Å²) in [5, 5.41) is 23.3. The molecule has 2 unspecified atom stereocenters. The first-order chi connectivity index (χ1) is 20.4. The second-order valence-electron chi connectivity index (χ2n) is 12.4. The van der Waals surface area contributed by atoms with E-state index in [1.807, 2.05) is 0 Å². The van der Waals surface area contributed by atoms with E-state index in [1.54, 1.807) is 45.0 Å². The number of carbonyl (C=O) groups excluding carboxylic acids is 2. The number of nitrogens with one attached hydrogen (secondary N) is 1. The van der Waals surface area contributed by atoms with Gasteiger partial charge in [-0.25, -0.2) is 17.6 Å². The SMILES string of the molecule is CC(C)(C)OC(=O)N[C@H]1CS(=O)(=O)c2ccc(-c3nnc(C4(F)CCC[N+](C)([O-])C4)o3)cc2N(Cc2ccc(Cl)cc2)C1=O. The number of rotatable bonds is 5. The lowest BCUT2D eigenvalue weighted by molar-refractivity contribution is -0.873. The van der Waals surface area contributed by atoms with E-state index >= 15 is 4.39 Å². The van der Waals surface area contributed by atoms with Gasteiger partial charge in [-0.2, -0.15) is 0 Å². The van der Waals surface area contributed by atoms with Crippen molar-refractivity contribution in [1.82, 2.24) is 15.5 Å². The van der Waals surface area contributed by atoms with Crippen LogP contribution in [0.2, 0.25) is 5.02 Å². The summed E-state index contributed by atoms with van der Waals surface area (Å²) in [5.41, 5.74) is -2.14. The van der Waals surface area contributed by atoms with Crippen LogP contribution in [0.15, 0.2) is 51.8 Å². The van der Waals surface area contributed by atoms with Crippen LogP contribution in [-0.2, 0) is 31.6 Å². The van der Waals surface area contributed by atoms with Gasteiger partial charge in [-0.15, -0.1) is 10.2 Å². The smallest absolute Gasteiger partial charge is 0.408 e. The maximum Gasteiger partial charge on any atom is 0.408 e. The minimum Gasteiger partial charge on any atom is -0.633 e. The largest absolute Gasteiger partial charge is 0.633 e. The molecule has 0 aliphatic carbocycles. The normalized spacial score (nSPS) is 25.2. The molecule has 3 aromatic rings. The van der Waals surface area contributed by atoms with Crippen LogP contribution in [0.4, 0.5) is 14.9 Å². The molecule has 0 saturated carbocycles. The van der Waals surface area contributed by atoms with Gasteiger partial charge in [-0.3, -0.25) is 4.79 Å². The molecule has 2 amide bonds. The highest BCUT2D eigenvalue weighted by atomic mass is 35.5. The number of carbonyl (C=O) groups is 2. The molecule has 1 saturated heterocycles. The number of ether oxygens (including phenoxy) is 1. The first-order valence-corrected chi connectivity index (χ1v) is 16.0. The molecule has 2 aromatic carbocycles. The minimum absolute atomic E-state index is 0.00659. The fraction of sp³-hybridized carbons (Fsp3) is 0.448. The van der Waals surface area contributed by atoms with Crippen molar-refractivity contribution < 1.29 is 36.2 Å². The van der Waals surface area contributed by atoms with Gasteiger partial charge in [0.1, 0.15) is 18.2 Å². The van der Waals surface area contributed by atoms with E-state index in [2.05, 4.69) is 15.5 Å². The van der Waals surface area contributed by atoms with E-state index in [4.69, 9.17) is 20.8 Å². The Morgan fingerprint density at radius 2 is 1.95 bits per heavy atom. The number of aromatic nitrogens is 2. The predicted octanol–water partition coefficient (Wildman–Crippen LogP) is 4.51. The van der Waals surface area contributed by atoms with E-state index in [0.717, 1.165) is 0 Å². The third-order valence-electron chi connectivity index (χ3n) is 7.32. The molecule has 15 heteroatoms. The number of hydrogen-bond donors (Lipinski definition) is 1. The number of alkyl carbamates (subject to hydrolysis) is 1. The molecule has 2 aliphatic heterocycles. The summed E-state index contributed by atoms with van der Waals surface area (Å²) in [6, 6.07) is 9.29. The second-order valence-corrected chi connectivity index (χ2v) is 14.8. The first kappa shape index (κ1) is 31.8. The monoisotopic (exact) mass is 649 g/mol. The highest BCUT2D eigenvalue weighted by molar-refractivity contribution is 7.91. The Balaban J connectivity index is 1.55. The zero-order chi connectivity index (χ0) is 32.1. The molecule has 1 N–H and O–H groups in total. The molecule has 2 aliphatic rings. The number of benzene rings is 2. The Morgan fingerprint density at radius 1 is 1.25 bits per heavy atom. The average molecular weight is 650 g/mol. The summed E-state index contributed by atoms with van der Waals surface area (Å²) in [6.45, 7) is 4.74. The molecule has 236 valence electrons. The number of hydrogen-bond acceptors (Lipinski definition) is 9. The fourth-order valence-electron chi connectivity index (χ4n) is 5.38. The molecule has 3 heterocycles. The molecular weight excluding hydrogens is 617 g/mol.